The van der Waals surface area contributed by atoms with Crippen LogP contribution >= 0.6 is 24.8 Å². The zero-order valence-electron chi connectivity index (χ0n) is 19.0. The van der Waals surface area contributed by atoms with Crippen LogP contribution in [0.5, 0.6) is 0 Å². The number of ether oxygens (including phenoxy) is 1. The monoisotopic (exact) mass is 539 g/mol. The van der Waals surface area contributed by atoms with Crippen molar-refractivity contribution < 1.29 is 23.4 Å². The van der Waals surface area contributed by atoms with Gasteiger partial charge in [0.15, 0.2) is 5.96 Å². The van der Waals surface area contributed by atoms with Crippen LogP contribution in [0.3, 0.4) is 0 Å². The van der Waals surface area contributed by atoms with Crippen molar-refractivity contribution >= 4 is 63.2 Å². The highest BCUT2D eigenvalue weighted by Gasteiger charge is 2.27. The number of sulfonamides is 1. The Morgan fingerprint density at radius 1 is 1.12 bits per heavy atom. The smallest absolute Gasteiger partial charge is 0.323 e. The van der Waals surface area contributed by atoms with Crippen LogP contribution in [0.4, 0.5) is 5.69 Å². The first-order chi connectivity index (χ1) is 14.7. The van der Waals surface area contributed by atoms with Gasteiger partial charge in [0.05, 0.1) is 12.0 Å². The van der Waals surface area contributed by atoms with Gasteiger partial charge in [-0.25, -0.2) is 8.42 Å². The molecule has 0 aromatic heterocycles. The minimum atomic E-state index is -3.99. The highest BCUT2D eigenvalue weighted by Crippen LogP contribution is 2.30. The Hall–Kier alpha value is -2.89. The standard InChI is InChI=1S/C19H27N5O4S.2ClH.N2.H2O/c1-24(2)16-10-4-8-14-13(16)7-5-11-17(14)29(26,27)23-15(18(25)28-3)9-6-12-22-19(20)21;;;1-2;/h4-5,7-8,10-11,15,23H,6,9,12H2,1-3H3,(H4,20,21,22);2*1H;;1H2/t15-;;;;/m0..../s1. The SMILES string of the molecule is COC(=O)[C@H](CCCN=C(N)N)NS(=O)(=O)c1cccc2c(N(C)C)cccc12.Cl.Cl.N#N.O. The van der Waals surface area contributed by atoms with Crippen LogP contribution < -0.4 is 21.1 Å². The van der Waals surface area contributed by atoms with E-state index in [0.717, 1.165) is 11.1 Å². The molecule has 0 spiro atoms. The van der Waals surface area contributed by atoms with Crippen LogP contribution in [0.25, 0.3) is 10.8 Å². The van der Waals surface area contributed by atoms with E-state index < -0.39 is 22.0 Å². The van der Waals surface area contributed by atoms with Crippen molar-refractivity contribution in [3.05, 3.63) is 36.4 Å². The third-order valence-electron chi connectivity index (χ3n) is 4.36. The number of rotatable bonds is 9. The van der Waals surface area contributed by atoms with E-state index in [1.165, 1.54) is 13.2 Å². The summed E-state index contributed by atoms with van der Waals surface area (Å²) in [7, 11) is 0.991. The number of hydrogen-bond donors (Lipinski definition) is 3. The number of hydrogen-bond acceptors (Lipinski definition) is 8. The van der Waals surface area contributed by atoms with E-state index >= 15 is 0 Å². The number of methoxy groups -OCH3 is 1. The molecule has 12 nitrogen and oxygen atoms in total. The van der Waals surface area contributed by atoms with E-state index in [2.05, 4.69) is 9.71 Å². The Kier molecular flexibility index (Phi) is 17.5. The van der Waals surface area contributed by atoms with Crippen LogP contribution in [0.15, 0.2) is 46.3 Å². The third kappa shape index (κ3) is 9.54. The average molecular weight is 540 g/mol. The predicted molar refractivity (Wildman–Crippen MR) is 136 cm³/mol. The van der Waals surface area contributed by atoms with Gasteiger partial charge >= 0.3 is 5.97 Å². The normalized spacial score (nSPS) is 10.6. The van der Waals surface area contributed by atoms with Gasteiger partial charge in [0.25, 0.3) is 0 Å². The molecule has 0 fully saturated rings. The quantitative estimate of drug-likeness (QED) is 0.135. The molecule has 0 unspecified atom stereocenters. The third-order valence-corrected chi connectivity index (χ3v) is 5.89. The van der Waals surface area contributed by atoms with Gasteiger partial charge in [0.2, 0.25) is 10.0 Å². The van der Waals surface area contributed by atoms with Crippen molar-refractivity contribution in [3.8, 4) is 0 Å². The second-order valence-corrected chi connectivity index (χ2v) is 8.35. The van der Waals surface area contributed by atoms with Gasteiger partial charge in [0.1, 0.15) is 6.04 Å². The first-order valence-electron chi connectivity index (χ1n) is 9.22. The summed E-state index contributed by atoms with van der Waals surface area (Å²) in [6.07, 6.45) is 0.594. The van der Waals surface area contributed by atoms with Gasteiger partial charge in [-0.1, -0.05) is 24.3 Å². The summed E-state index contributed by atoms with van der Waals surface area (Å²) in [5, 5.41) is 13.4. The molecule has 15 heteroatoms. The number of esters is 1. The van der Waals surface area contributed by atoms with Gasteiger partial charge in [-0.2, -0.15) is 4.72 Å². The molecule has 0 saturated carbocycles. The summed E-state index contributed by atoms with van der Waals surface area (Å²) in [6.45, 7) is 0.276. The van der Waals surface area contributed by atoms with Gasteiger partial charge in [-0.3, -0.25) is 9.79 Å². The highest BCUT2D eigenvalue weighted by atomic mass is 35.5. The molecule has 7 N–H and O–H groups in total. The number of nitrogens with zero attached hydrogens (tertiary/aromatic N) is 4. The largest absolute Gasteiger partial charge is 0.468 e. The molecule has 2 rings (SSSR count). The number of halogens is 2. The fourth-order valence-electron chi connectivity index (χ4n) is 3.01. The number of aliphatic imine (C=N–C) groups is 1. The van der Waals surface area contributed by atoms with Crippen LogP contribution in [0.2, 0.25) is 0 Å². The Bertz CT molecular complexity index is 1060. The fourth-order valence-corrected chi connectivity index (χ4v) is 4.45. The van der Waals surface area contributed by atoms with Crippen molar-refractivity contribution in [2.45, 2.75) is 23.8 Å². The number of nitrogens with two attached hydrogens (primary N) is 2. The van der Waals surface area contributed by atoms with Crippen LogP contribution in [-0.2, 0) is 19.6 Å². The molecule has 2 aromatic carbocycles. The Balaban J connectivity index is -0.00000187. The van der Waals surface area contributed by atoms with E-state index in [1.54, 1.807) is 18.2 Å². The lowest BCUT2D eigenvalue weighted by Crippen LogP contribution is -2.41. The molecule has 0 bridgehead atoms. The predicted octanol–water partition coefficient (Wildman–Crippen LogP) is 0.828. The number of carbonyl (C=O) groups is 1. The Morgan fingerprint density at radius 2 is 1.68 bits per heavy atom. The van der Waals surface area contributed by atoms with Crippen molar-refractivity contribution in [1.82, 2.24) is 4.72 Å². The average Bonchev–Trinajstić information content (AvgIpc) is 2.75. The molecule has 0 amide bonds. The number of fused-ring (bicyclic) bond motifs is 1. The van der Waals surface area contributed by atoms with Gasteiger partial charge in [-0.05, 0) is 25.0 Å². The lowest BCUT2D eigenvalue weighted by atomic mass is 10.1. The summed E-state index contributed by atoms with van der Waals surface area (Å²) in [6, 6.07) is 9.44. The minimum absolute atomic E-state index is 0. The van der Waals surface area contributed by atoms with E-state index in [0.29, 0.717) is 11.8 Å². The van der Waals surface area contributed by atoms with Crippen molar-refractivity contribution in [3.63, 3.8) is 0 Å². The zero-order chi connectivity index (χ0) is 23.6. The summed E-state index contributed by atoms with van der Waals surface area (Å²) in [4.78, 5) is 18.0. The maximum Gasteiger partial charge on any atom is 0.323 e. The number of guanidine groups is 1. The minimum Gasteiger partial charge on any atom is -0.468 e. The summed E-state index contributed by atoms with van der Waals surface area (Å²) in [5.41, 5.74) is 11.5. The van der Waals surface area contributed by atoms with E-state index in [9.17, 15) is 13.2 Å². The molecule has 0 heterocycles. The molecule has 0 saturated heterocycles. The van der Waals surface area contributed by atoms with Crippen LogP contribution in [0, 0.1) is 10.8 Å². The summed E-state index contributed by atoms with van der Waals surface area (Å²) < 4.78 is 33.4. The van der Waals surface area contributed by atoms with Gasteiger partial charge < -0.3 is 26.6 Å². The summed E-state index contributed by atoms with van der Waals surface area (Å²) in [5.74, 6) is -0.736. The molecule has 34 heavy (non-hydrogen) atoms. The molecule has 0 aliphatic carbocycles. The lowest BCUT2D eigenvalue weighted by molar-refractivity contribution is -0.142. The van der Waals surface area contributed by atoms with Crippen LogP contribution in [-0.4, -0.2) is 59.6 Å². The Labute approximate surface area is 211 Å². The molecule has 1 atom stereocenters. The molecule has 2 aromatic rings. The number of nitrogens with one attached hydrogen (secondary N) is 1. The number of benzene rings is 2. The van der Waals surface area contributed by atoms with Crippen molar-refractivity contribution in [1.29, 1.82) is 10.8 Å². The second-order valence-electron chi connectivity index (χ2n) is 6.67. The number of anilines is 1. The first kappa shape index (κ1) is 35.7. The topological polar surface area (TPSA) is 219 Å². The fraction of sp³-hybridized carbons (Fsp3) is 0.368. The van der Waals surface area contributed by atoms with E-state index in [-0.39, 0.29) is 54.1 Å². The summed E-state index contributed by atoms with van der Waals surface area (Å²) >= 11 is 0. The maximum absolute atomic E-state index is 13.1. The molecular weight excluding hydrogens is 509 g/mol. The molecular formula is C19H31Cl2N7O5S. The highest BCUT2D eigenvalue weighted by molar-refractivity contribution is 7.89. The van der Waals surface area contributed by atoms with E-state index in [4.69, 9.17) is 27.0 Å². The number of carbonyl (C=O) groups excluding carboxylic acids is 1. The Morgan fingerprint density at radius 3 is 2.21 bits per heavy atom. The lowest BCUT2D eigenvalue weighted by Gasteiger charge is -2.19. The van der Waals surface area contributed by atoms with E-state index in [1.807, 2.05) is 31.1 Å². The van der Waals surface area contributed by atoms with Crippen molar-refractivity contribution in [2.75, 3.05) is 32.6 Å². The van der Waals surface area contributed by atoms with Crippen LogP contribution in [0.1, 0.15) is 12.8 Å². The zero-order valence-corrected chi connectivity index (χ0v) is 21.4. The first-order valence-corrected chi connectivity index (χ1v) is 10.7. The van der Waals surface area contributed by atoms with Crippen molar-refractivity contribution in [2.24, 2.45) is 16.5 Å². The maximum atomic E-state index is 13.1. The van der Waals surface area contributed by atoms with Gasteiger partial charge in [0, 0.05) is 47.9 Å². The molecule has 0 aliphatic rings. The molecule has 0 radical (unpaired) electrons. The molecule has 0 aliphatic heterocycles. The second kappa shape index (κ2) is 16.7. The van der Waals surface area contributed by atoms with Gasteiger partial charge in [-0.15, -0.1) is 24.8 Å². The molecule has 192 valence electrons.